The first-order valence-electron chi connectivity index (χ1n) is 9.56. The molecule has 0 bridgehead atoms. The number of hydrogen-bond acceptors (Lipinski definition) is 6. The molecule has 1 aliphatic heterocycles. The molecule has 29 heavy (non-hydrogen) atoms. The summed E-state index contributed by atoms with van der Waals surface area (Å²) in [6, 6.07) is 19.1. The van der Waals surface area contributed by atoms with Gasteiger partial charge >= 0.3 is 0 Å². The van der Waals surface area contributed by atoms with E-state index in [1.807, 2.05) is 48.5 Å². The predicted octanol–water partition coefficient (Wildman–Crippen LogP) is 3.06. The summed E-state index contributed by atoms with van der Waals surface area (Å²) >= 11 is 0. The lowest BCUT2D eigenvalue weighted by molar-refractivity contribution is 0.102. The Morgan fingerprint density at radius 2 is 1.62 bits per heavy atom. The highest BCUT2D eigenvalue weighted by atomic mass is 16.5. The van der Waals surface area contributed by atoms with Gasteiger partial charge in [-0.3, -0.25) is 4.79 Å². The van der Waals surface area contributed by atoms with E-state index in [0.717, 1.165) is 49.1 Å². The Morgan fingerprint density at radius 1 is 0.931 bits per heavy atom. The largest absolute Gasteiger partial charge is 0.495 e. The number of ether oxygens (including phenoxy) is 1. The van der Waals surface area contributed by atoms with Gasteiger partial charge in [-0.1, -0.05) is 30.3 Å². The quantitative estimate of drug-likeness (QED) is 0.723. The Hall–Kier alpha value is -3.61. The Labute approximate surface area is 170 Å². The summed E-state index contributed by atoms with van der Waals surface area (Å²) in [5.74, 6) is 1.40. The first-order valence-corrected chi connectivity index (χ1v) is 9.56. The zero-order valence-corrected chi connectivity index (χ0v) is 16.3. The van der Waals surface area contributed by atoms with Crippen molar-refractivity contribution in [3.8, 4) is 5.75 Å². The van der Waals surface area contributed by atoms with Gasteiger partial charge in [0.25, 0.3) is 5.91 Å². The first kappa shape index (κ1) is 18.7. The van der Waals surface area contributed by atoms with Gasteiger partial charge in [0.15, 0.2) is 0 Å². The van der Waals surface area contributed by atoms with Crippen molar-refractivity contribution in [3.05, 3.63) is 72.7 Å². The highest BCUT2D eigenvalue weighted by molar-refractivity contribution is 6.03. The SMILES string of the molecule is COc1ccccc1N1CCN(c2cc(C(=O)Nc3ccccc3)ncn2)CC1. The minimum absolute atomic E-state index is 0.243. The van der Waals surface area contributed by atoms with Crippen LogP contribution in [0.5, 0.6) is 5.75 Å². The Morgan fingerprint density at radius 3 is 2.38 bits per heavy atom. The zero-order chi connectivity index (χ0) is 20.1. The topological polar surface area (TPSA) is 70.6 Å². The molecule has 0 saturated carbocycles. The molecule has 4 rings (SSSR count). The summed E-state index contributed by atoms with van der Waals surface area (Å²) in [5.41, 5.74) is 2.19. The first-order chi connectivity index (χ1) is 14.2. The molecular weight excluding hydrogens is 366 g/mol. The van der Waals surface area contributed by atoms with Gasteiger partial charge in [0.05, 0.1) is 12.8 Å². The van der Waals surface area contributed by atoms with Crippen molar-refractivity contribution < 1.29 is 9.53 Å². The molecule has 0 unspecified atom stereocenters. The van der Waals surface area contributed by atoms with E-state index in [2.05, 4.69) is 31.2 Å². The highest BCUT2D eigenvalue weighted by Gasteiger charge is 2.21. The standard InChI is InChI=1S/C22H23N5O2/c1-29-20-10-6-5-9-19(20)26-11-13-27(14-12-26)21-15-18(23-16-24-21)22(28)25-17-7-3-2-4-8-17/h2-10,15-16H,11-14H2,1H3,(H,25,28). The Balaban J connectivity index is 1.42. The lowest BCUT2D eigenvalue weighted by atomic mass is 10.2. The number of benzene rings is 2. The molecule has 7 nitrogen and oxygen atoms in total. The van der Waals surface area contributed by atoms with Crippen molar-refractivity contribution in [2.45, 2.75) is 0 Å². The molecule has 2 aromatic carbocycles. The van der Waals surface area contributed by atoms with Crippen LogP contribution < -0.4 is 19.9 Å². The van der Waals surface area contributed by atoms with Crippen LogP contribution in [0, 0.1) is 0 Å². The molecule has 1 saturated heterocycles. The fraction of sp³-hybridized carbons (Fsp3) is 0.227. The number of anilines is 3. The van der Waals surface area contributed by atoms with E-state index in [1.165, 1.54) is 6.33 Å². The number of para-hydroxylation sites is 3. The fourth-order valence-corrected chi connectivity index (χ4v) is 3.43. The predicted molar refractivity (Wildman–Crippen MR) is 114 cm³/mol. The molecule has 1 aliphatic rings. The molecule has 1 N–H and O–H groups in total. The lowest BCUT2D eigenvalue weighted by Gasteiger charge is -2.37. The van der Waals surface area contributed by atoms with Gasteiger partial charge in [-0.25, -0.2) is 9.97 Å². The number of aromatic nitrogens is 2. The number of nitrogens with zero attached hydrogens (tertiary/aromatic N) is 4. The van der Waals surface area contributed by atoms with Gasteiger partial charge in [0.1, 0.15) is 23.6 Å². The monoisotopic (exact) mass is 389 g/mol. The molecule has 2 heterocycles. The summed E-state index contributed by atoms with van der Waals surface area (Å²) in [7, 11) is 1.69. The number of nitrogens with one attached hydrogen (secondary N) is 1. The summed E-state index contributed by atoms with van der Waals surface area (Å²) in [4.78, 5) is 25.5. The number of piperazine rings is 1. The second-order valence-electron chi connectivity index (χ2n) is 6.73. The lowest BCUT2D eigenvalue weighted by Crippen LogP contribution is -2.47. The van der Waals surface area contributed by atoms with Crippen LogP contribution in [-0.4, -0.2) is 49.2 Å². The van der Waals surface area contributed by atoms with Crippen LogP contribution >= 0.6 is 0 Å². The minimum Gasteiger partial charge on any atom is -0.495 e. The Kier molecular flexibility index (Phi) is 5.56. The van der Waals surface area contributed by atoms with Crippen molar-refractivity contribution >= 4 is 23.1 Å². The Bertz CT molecular complexity index is 972. The van der Waals surface area contributed by atoms with Crippen LogP contribution in [0.15, 0.2) is 67.0 Å². The third-order valence-electron chi connectivity index (χ3n) is 4.95. The summed E-state index contributed by atoms with van der Waals surface area (Å²) in [6.45, 7) is 3.29. The van der Waals surface area contributed by atoms with Crippen molar-refractivity contribution in [2.75, 3.05) is 48.4 Å². The number of carbonyl (C=O) groups is 1. The van der Waals surface area contributed by atoms with Crippen LogP contribution in [0.4, 0.5) is 17.2 Å². The summed E-state index contributed by atoms with van der Waals surface area (Å²) in [5, 5.41) is 2.86. The number of hydrogen-bond donors (Lipinski definition) is 1. The smallest absolute Gasteiger partial charge is 0.274 e. The fourth-order valence-electron chi connectivity index (χ4n) is 3.43. The van der Waals surface area contributed by atoms with Gasteiger partial charge in [-0.2, -0.15) is 0 Å². The van der Waals surface area contributed by atoms with Crippen LogP contribution in [0.25, 0.3) is 0 Å². The van der Waals surface area contributed by atoms with E-state index >= 15 is 0 Å². The van der Waals surface area contributed by atoms with Crippen LogP contribution in [0.3, 0.4) is 0 Å². The maximum Gasteiger partial charge on any atom is 0.274 e. The maximum absolute atomic E-state index is 12.5. The number of amides is 1. The molecule has 1 amide bonds. The van der Waals surface area contributed by atoms with E-state index in [9.17, 15) is 4.79 Å². The van der Waals surface area contributed by atoms with Gasteiger partial charge in [0, 0.05) is 37.9 Å². The van der Waals surface area contributed by atoms with Crippen LogP contribution in [-0.2, 0) is 0 Å². The second-order valence-corrected chi connectivity index (χ2v) is 6.73. The molecule has 148 valence electrons. The van der Waals surface area contributed by atoms with Crippen LogP contribution in [0.2, 0.25) is 0 Å². The average molecular weight is 389 g/mol. The zero-order valence-electron chi connectivity index (χ0n) is 16.3. The van der Waals surface area contributed by atoms with Gasteiger partial charge in [0.2, 0.25) is 0 Å². The molecule has 0 aliphatic carbocycles. The third kappa shape index (κ3) is 4.29. The number of rotatable bonds is 5. The normalized spacial score (nSPS) is 13.8. The molecule has 3 aromatic rings. The van der Waals surface area contributed by atoms with Gasteiger partial charge in [-0.15, -0.1) is 0 Å². The summed E-state index contributed by atoms with van der Waals surface area (Å²) in [6.07, 6.45) is 1.45. The molecule has 7 heteroatoms. The number of carbonyl (C=O) groups excluding carboxylic acids is 1. The van der Waals surface area contributed by atoms with Crippen molar-refractivity contribution in [2.24, 2.45) is 0 Å². The maximum atomic E-state index is 12.5. The molecular formula is C22H23N5O2. The van der Waals surface area contributed by atoms with Crippen molar-refractivity contribution in [3.63, 3.8) is 0 Å². The van der Waals surface area contributed by atoms with E-state index < -0.39 is 0 Å². The highest BCUT2D eigenvalue weighted by Crippen LogP contribution is 2.29. The van der Waals surface area contributed by atoms with E-state index in [1.54, 1.807) is 13.2 Å². The molecule has 0 radical (unpaired) electrons. The number of methoxy groups -OCH3 is 1. The summed E-state index contributed by atoms with van der Waals surface area (Å²) < 4.78 is 5.48. The molecule has 1 fully saturated rings. The minimum atomic E-state index is -0.243. The van der Waals surface area contributed by atoms with E-state index in [0.29, 0.717) is 5.69 Å². The second kappa shape index (κ2) is 8.60. The van der Waals surface area contributed by atoms with E-state index in [4.69, 9.17) is 4.74 Å². The third-order valence-corrected chi connectivity index (χ3v) is 4.95. The average Bonchev–Trinajstić information content (AvgIpc) is 2.80. The molecule has 0 atom stereocenters. The molecule has 0 spiro atoms. The van der Waals surface area contributed by atoms with E-state index in [-0.39, 0.29) is 5.91 Å². The molecule has 1 aromatic heterocycles. The van der Waals surface area contributed by atoms with Gasteiger partial charge < -0.3 is 19.9 Å². The van der Waals surface area contributed by atoms with Gasteiger partial charge in [-0.05, 0) is 24.3 Å². The van der Waals surface area contributed by atoms with Crippen LogP contribution in [0.1, 0.15) is 10.5 Å². The van der Waals surface area contributed by atoms with Crippen molar-refractivity contribution in [1.82, 2.24) is 9.97 Å². The van der Waals surface area contributed by atoms with Crippen molar-refractivity contribution in [1.29, 1.82) is 0 Å².